The van der Waals surface area contributed by atoms with Gasteiger partial charge in [0.05, 0.1) is 5.75 Å². The number of aromatic nitrogens is 6. The number of rotatable bonds is 7. The summed E-state index contributed by atoms with van der Waals surface area (Å²) in [5.41, 5.74) is 1.22. The van der Waals surface area contributed by atoms with Gasteiger partial charge in [-0.25, -0.2) is 9.97 Å². The summed E-state index contributed by atoms with van der Waals surface area (Å²) in [5.74, 6) is 1.28. The van der Waals surface area contributed by atoms with Crippen molar-refractivity contribution in [2.45, 2.75) is 18.5 Å². The van der Waals surface area contributed by atoms with Crippen molar-refractivity contribution in [3.63, 3.8) is 0 Å². The molecule has 1 amide bonds. The summed E-state index contributed by atoms with van der Waals surface area (Å²) in [6.45, 7) is 2.16. The van der Waals surface area contributed by atoms with Crippen LogP contribution in [0.25, 0.3) is 11.4 Å². The average molecular weight is 371 g/mol. The Labute approximate surface area is 153 Å². The lowest BCUT2D eigenvalue weighted by Gasteiger charge is -2.04. The molecule has 0 aliphatic carbocycles. The number of nitrogens with zero attached hydrogens (tertiary/aromatic N) is 4. The molecule has 0 atom stereocenters. The molecule has 0 radical (unpaired) electrons. The van der Waals surface area contributed by atoms with Crippen LogP contribution < -0.4 is 10.9 Å². The van der Waals surface area contributed by atoms with Crippen LogP contribution in [0.3, 0.4) is 0 Å². The molecule has 3 N–H and O–H groups in total. The van der Waals surface area contributed by atoms with Crippen molar-refractivity contribution in [3.8, 4) is 11.4 Å². The third-order valence-corrected chi connectivity index (χ3v) is 4.20. The highest BCUT2D eigenvalue weighted by molar-refractivity contribution is 7.99. The van der Waals surface area contributed by atoms with E-state index < -0.39 is 0 Å². The van der Waals surface area contributed by atoms with Gasteiger partial charge in [0.2, 0.25) is 5.91 Å². The monoisotopic (exact) mass is 371 g/mol. The van der Waals surface area contributed by atoms with Crippen molar-refractivity contribution in [2.24, 2.45) is 0 Å². The minimum absolute atomic E-state index is 0.147. The Balaban J connectivity index is 1.44. The van der Waals surface area contributed by atoms with Crippen LogP contribution in [-0.2, 0) is 11.2 Å². The van der Waals surface area contributed by atoms with Crippen LogP contribution in [0.1, 0.15) is 11.5 Å². The standard InChI is InChI=1S/C16H17N7O2S/c1-10-7-13(24)21-16(19-10)26-9-14(25)18-6-4-12-20-15(23-22-12)11-3-2-5-17-8-11/h2-3,5,7-8H,4,6,9H2,1H3,(H,18,25)(H,19,21,24)(H,20,22,23). The molecule has 134 valence electrons. The largest absolute Gasteiger partial charge is 0.355 e. The van der Waals surface area contributed by atoms with Gasteiger partial charge >= 0.3 is 0 Å². The first-order chi connectivity index (χ1) is 12.6. The fourth-order valence-electron chi connectivity index (χ4n) is 2.16. The molecule has 0 aliphatic rings. The number of aryl methyl sites for hydroxylation is 1. The molecular weight excluding hydrogens is 354 g/mol. The van der Waals surface area contributed by atoms with Crippen LogP contribution in [-0.4, -0.2) is 48.3 Å². The van der Waals surface area contributed by atoms with E-state index in [0.29, 0.717) is 35.5 Å². The molecule has 3 aromatic rings. The van der Waals surface area contributed by atoms with Gasteiger partial charge in [0.15, 0.2) is 11.0 Å². The molecule has 3 rings (SSSR count). The molecule has 0 unspecified atom stereocenters. The third-order valence-electron chi connectivity index (χ3n) is 3.32. The molecule has 3 aromatic heterocycles. The van der Waals surface area contributed by atoms with E-state index >= 15 is 0 Å². The first-order valence-corrected chi connectivity index (χ1v) is 8.88. The lowest BCUT2D eigenvalue weighted by molar-refractivity contribution is -0.118. The highest BCUT2D eigenvalue weighted by Crippen LogP contribution is 2.12. The van der Waals surface area contributed by atoms with Gasteiger partial charge in [-0.2, -0.15) is 5.10 Å². The van der Waals surface area contributed by atoms with Crippen LogP contribution in [0.15, 0.2) is 40.5 Å². The smallest absolute Gasteiger partial charge is 0.251 e. The van der Waals surface area contributed by atoms with Gasteiger partial charge in [-0.3, -0.25) is 19.7 Å². The number of hydrogen-bond acceptors (Lipinski definition) is 7. The number of amides is 1. The molecule has 3 heterocycles. The molecule has 0 aromatic carbocycles. The van der Waals surface area contributed by atoms with Gasteiger partial charge in [-0.05, 0) is 19.1 Å². The Kier molecular flexibility index (Phi) is 5.74. The van der Waals surface area contributed by atoms with Crippen molar-refractivity contribution in [1.82, 2.24) is 35.5 Å². The summed E-state index contributed by atoms with van der Waals surface area (Å²) in [6, 6.07) is 5.10. The normalized spacial score (nSPS) is 10.7. The average Bonchev–Trinajstić information content (AvgIpc) is 3.09. The SMILES string of the molecule is Cc1cc(=O)[nH]c(SCC(=O)NCCc2nc(-c3cccnc3)n[nH]2)n1. The molecule has 0 aliphatic heterocycles. The van der Waals surface area contributed by atoms with Crippen LogP contribution in [0, 0.1) is 6.92 Å². The topological polar surface area (TPSA) is 129 Å². The van der Waals surface area contributed by atoms with Crippen LogP contribution in [0.5, 0.6) is 0 Å². The Morgan fingerprint density at radius 1 is 1.35 bits per heavy atom. The summed E-state index contributed by atoms with van der Waals surface area (Å²) in [5, 5.41) is 10.2. The van der Waals surface area contributed by atoms with Crippen LogP contribution >= 0.6 is 11.8 Å². The Hall–Kier alpha value is -3.01. The van der Waals surface area contributed by atoms with E-state index in [0.717, 1.165) is 5.56 Å². The van der Waals surface area contributed by atoms with Gasteiger partial charge in [-0.15, -0.1) is 0 Å². The quantitative estimate of drug-likeness (QED) is 0.412. The number of thioether (sulfide) groups is 1. The first kappa shape index (κ1) is 17.8. The van der Waals surface area contributed by atoms with E-state index in [2.05, 4.69) is 35.5 Å². The number of aromatic amines is 2. The molecule has 0 saturated carbocycles. The molecule has 0 fully saturated rings. The number of carbonyl (C=O) groups is 1. The zero-order chi connectivity index (χ0) is 18.4. The second-order valence-corrected chi connectivity index (χ2v) is 6.39. The lowest BCUT2D eigenvalue weighted by Crippen LogP contribution is -2.27. The predicted octanol–water partition coefficient (Wildman–Crippen LogP) is 0.709. The Bertz CT molecular complexity index is 939. The number of carbonyl (C=O) groups excluding carboxylic acids is 1. The predicted molar refractivity (Wildman–Crippen MR) is 96.6 cm³/mol. The van der Waals surface area contributed by atoms with Gasteiger partial charge < -0.3 is 10.3 Å². The zero-order valence-electron chi connectivity index (χ0n) is 14.0. The summed E-state index contributed by atoms with van der Waals surface area (Å²) in [4.78, 5) is 38.4. The van der Waals surface area contributed by atoms with E-state index in [4.69, 9.17) is 0 Å². The van der Waals surface area contributed by atoms with Gasteiger partial charge in [0.1, 0.15) is 5.82 Å². The van der Waals surface area contributed by atoms with Crippen molar-refractivity contribution < 1.29 is 4.79 Å². The van der Waals surface area contributed by atoms with Crippen molar-refractivity contribution in [3.05, 3.63) is 52.5 Å². The summed E-state index contributed by atoms with van der Waals surface area (Å²) in [6.07, 6.45) is 3.91. The maximum Gasteiger partial charge on any atom is 0.251 e. The van der Waals surface area contributed by atoms with E-state index in [9.17, 15) is 9.59 Å². The number of nitrogens with one attached hydrogen (secondary N) is 3. The lowest BCUT2D eigenvalue weighted by atomic mass is 10.3. The zero-order valence-corrected chi connectivity index (χ0v) is 14.8. The fraction of sp³-hybridized carbons (Fsp3) is 0.250. The molecular formula is C16H17N7O2S. The maximum atomic E-state index is 11.9. The van der Waals surface area contributed by atoms with Crippen LogP contribution in [0.4, 0.5) is 0 Å². The highest BCUT2D eigenvalue weighted by Gasteiger charge is 2.08. The number of hydrogen-bond donors (Lipinski definition) is 3. The minimum Gasteiger partial charge on any atom is -0.355 e. The van der Waals surface area contributed by atoms with Gasteiger partial charge in [0.25, 0.3) is 5.56 Å². The molecule has 26 heavy (non-hydrogen) atoms. The van der Waals surface area contributed by atoms with Crippen molar-refractivity contribution >= 4 is 17.7 Å². The summed E-state index contributed by atoms with van der Waals surface area (Å²) < 4.78 is 0. The molecule has 10 heteroatoms. The minimum atomic E-state index is -0.227. The van der Waals surface area contributed by atoms with E-state index in [1.165, 1.54) is 17.8 Å². The second-order valence-electron chi connectivity index (χ2n) is 5.43. The number of H-pyrrole nitrogens is 2. The maximum absolute atomic E-state index is 11.9. The molecule has 0 bridgehead atoms. The van der Waals surface area contributed by atoms with Crippen molar-refractivity contribution in [1.29, 1.82) is 0 Å². The van der Waals surface area contributed by atoms with Gasteiger partial charge in [-0.1, -0.05) is 11.8 Å². The summed E-state index contributed by atoms with van der Waals surface area (Å²) in [7, 11) is 0. The number of pyridine rings is 1. The van der Waals surface area contributed by atoms with Gasteiger partial charge in [0, 0.05) is 42.7 Å². The Morgan fingerprint density at radius 2 is 2.23 bits per heavy atom. The fourth-order valence-corrected chi connectivity index (χ4v) is 2.91. The van der Waals surface area contributed by atoms with E-state index in [1.807, 2.05) is 12.1 Å². The first-order valence-electron chi connectivity index (χ1n) is 7.89. The van der Waals surface area contributed by atoms with E-state index in [-0.39, 0.29) is 17.2 Å². The second kappa shape index (κ2) is 8.39. The molecule has 0 saturated heterocycles. The molecule has 9 nitrogen and oxygen atoms in total. The summed E-state index contributed by atoms with van der Waals surface area (Å²) >= 11 is 1.18. The molecule has 0 spiro atoms. The third kappa shape index (κ3) is 4.99. The van der Waals surface area contributed by atoms with E-state index in [1.54, 1.807) is 19.3 Å². The van der Waals surface area contributed by atoms with Crippen LogP contribution in [0.2, 0.25) is 0 Å². The Morgan fingerprint density at radius 3 is 3.00 bits per heavy atom. The highest BCUT2D eigenvalue weighted by atomic mass is 32.2. The van der Waals surface area contributed by atoms with Crippen molar-refractivity contribution in [2.75, 3.05) is 12.3 Å².